The van der Waals surface area contributed by atoms with Crippen LogP contribution < -0.4 is 9.62 Å². The van der Waals surface area contributed by atoms with Crippen LogP contribution in [0.15, 0.2) is 77.7 Å². The predicted octanol–water partition coefficient (Wildman–Crippen LogP) is 6.22. The van der Waals surface area contributed by atoms with Crippen LogP contribution in [0.3, 0.4) is 0 Å². The van der Waals surface area contributed by atoms with Crippen molar-refractivity contribution in [2.75, 3.05) is 10.8 Å². The smallest absolute Gasteiger partial charge is 0.264 e. The average molecular weight is 605 g/mol. The second kappa shape index (κ2) is 13.1. The summed E-state index contributed by atoms with van der Waals surface area (Å²) in [5.74, 6) is -0.853. The molecule has 7 nitrogen and oxygen atoms in total. The normalized spacial score (nSPS) is 12.5. The molecule has 3 aromatic carbocycles. The SMILES string of the molecule is CC[C@@H](C(=O)NC(C)(C)C)N(Cc1ccccc1C)C(=O)CN(c1ccc(Cl)c(Cl)c1)S(=O)(=O)c1ccccc1. The zero-order valence-electron chi connectivity index (χ0n) is 23.3. The molecule has 10 heteroatoms. The molecule has 0 spiro atoms. The number of hydrogen-bond acceptors (Lipinski definition) is 4. The molecule has 0 unspecified atom stereocenters. The summed E-state index contributed by atoms with van der Waals surface area (Å²) < 4.78 is 28.7. The van der Waals surface area contributed by atoms with Crippen LogP contribution in [0.1, 0.15) is 45.2 Å². The Kier molecular flexibility index (Phi) is 10.3. The summed E-state index contributed by atoms with van der Waals surface area (Å²) in [6, 6.07) is 19.0. The Morgan fingerprint density at radius 1 is 0.925 bits per heavy atom. The van der Waals surface area contributed by atoms with E-state index >= 15 is 0 Å². The standard InChI is InChI=1S/C30H35Cl2N3O4S/c1-6-27(29(37)33-30(3,4)5)34(19-22-13-11-10-12-21(22)2)28(36)20-35(23-16-17-25(31)26(32)18-23)40(38,39)24-14-8-7-9-15-24/h7-18,27H,6,19-20H2,1-5H3,(H,33,37)/t27-/m0/s1. The highest BCUT2D eigenvalue weighted by molar-refractivity contribution is 7.92. The molecule has 3 aromatic rings. The Bertz CT molecular complexity index is 1460. The number of nitrogens with one attached hydrogen (secondary N) is 1. The number of nitrogens with zero attached hydrogens (tertiary/aromatic N) is 2. The summed E-state index contributed by atoms with van der Waals surface area (Å²) in [6.45, 7) is 8.91. The van der Waals surface area contributed by atoms with Gasteiger partial charge in [0, 0.05) is 12.1 Å². The lowest BCUT2D eigenvalue weighted by molar-refractivity contribution is -0.141. The molecule has 3 rings (SSSR count). The third kappa shape index (κ3) is 7.77. The summed E-state index contributed by atoms with van der Waals surface area (Å²) in [4.78, 5) is 29.0. The van der Waals surface area contributed by atoms with Gasteiger partial charge in [0.2, 0.25) is 11.8 Å². The second-order valence-corrected chi connectivity index (χ2v) is 13.2. The van der Waals surface area contributed by atoms with Gasteiger partial charge in [-0.1, -0.05) is 72.6 Å². The number of sulfonamides is 1. The Morgan fingerprint density at radius 3 is 2.12 bits per heavy atom. The van der Waals surface area contributed by atoms with Gasteiger partial charge in [0.25, 0.3) is 10.0 Å². The van der Waals surface area contributed by atoms with Gasteiger partial charge in [-0.2, -0.15) is 0 Å². The molecule has 0 saturated heterocycles. The average Bonchev–Trinajstić information content (AvgIpc) is 2.89. The number of hydrogen-bond donors (Lipinski definition) is 1. The number of halogens is 2. The molecule has 0 aromatic heterocycles. The third-order valence-electron chi connectivity index (χ3n) is 6.29. The van der Waals surface area contributed by atoms with Crippen LogP contribution in [0, 0.1) is 6.92 Å². The second-order valence-electron chi connectivity index (χ2n) is 10.5. The van der Waals surface area contributed by atoms with Gasteiger partial charge < -0.3 is 10.2 Å². The number of carbonyl (C=O) groups excluding carboxylic acids is 2. The number of carbonyl (C=O) groups is 2. The highest BCUT2D eigenvalue weighted by Gasteiger charge is 2.34. The zero-order chi connectivity index (χ0) is 29.7. The monoisotopic (exact) mass is 603 g/mol. The Morgan fingerprint density at radius 2 is 1.55 bits per heavy atom. The summed E-state index contributed by atoms with van der Waals surface area (Å²) in [7, 11) is -4.19. The Hall–Kier alpha value is -3.07. The van der Waals surface area contributed by atoms with Crippen LogP contribution in [0.5, 0.6) is 0 Å². The fourth-order valence-electron chi connectivity index (χ4n) is 4.23. The Labute approximate surface area is 247 Å². The van der Waals surface area contributed by atoms with E-state index in [-0.39, 0.29) is 33.1 Å². The topological polar surface area (TPSA) is 86.8 Å². The molecule has 1 N–H and O–H groups in total. The lowest BCUT2D eigenvalue weighted by atomic mass is 10.0. The van der Waals surface area contributed by atoms with Gasteiger partial charge in [-0.25, -0.2) is 8.42 Å². The van der Waals surface area contributed by atoms with Crippen molar-refractivity contribution in [2.45, 2.75) is 64.1 Å². The highest BCUT2D eigenvalue weighted by Crippen LogP contribution is 2.31. The predicted molar refractivity (Wildman–Crippen MR) is 161 cm³/mol. The van der Waals surface area contributed by atoms with Gasteiger partial charge in [-0.15, -0.1) is 0 Å². The number of anilines is 1. The van der Waals surface area contributed by atoms with Crippen LogP contribution in [0.25, 0.3) is 0 Å². The molecule has 0 aliphatic heterocycles. The fraction of sp³-hybridized carbons (Fsp3) is 0.333. The quantitative estimate of drug-likeness (QED) is 0.298. The number of benzene rings is 3. The zero-order valence-corrected chi connectivity index (χ0v) is 25.6. The lowest BCUT2D eigenvalue weighted by Crippen LogP contribution is -2.55. The summed E-state index contributed by atoms with van der Waals surface area (Å²) in [5, 5.41) is 3.36. The number of aryl methyl sites for hydroxylation is 1. The van der Waals surface area contributed by atoms with Crippen LogP contribution >= 0.6 is 23.2 Å². The van der Waals surface area contributed by atoms with Crippen LogP contribution in [0.2, 0.25) is 10.0 Å². The van der Waals surface area contributed by atoms with Crippen molar-refractivity contribution in [3.8, 4) is 0 Å². The van der Waals surface area contributed by atoms with E-state index in [1.807, 2.05) is 58.9 Å². The van der Waals surface area contributed by atoms with Gasteiger partial charge in [0.15, 0.2) is 0 Å². The van der Waals surface area contributed by atoms with Crippen molar-refractivity contribution in [1.29, 1.82) is 0 Å². The van der Waals surface area contributed by atoms with E-state index in [0.29, 0.717) is 6.42 Å². The van der Waals surface area contributed by atoms with E-state index in [9.17, 15) is 18.0 Å². The van der Waals surface area contributed by atoms with E-state index < -0.39 is 34.1 Å². The van der Waals surface area contributed by atoms with Gasteiger partial charge in [0.1, 0.15) is 12.6 Å². The van der Waals surface area contributed by atoms with Crippen molar-refractivity contribution in [1.82, 2.24) is 10.2 Å². The molecular weight excluding hydrogens is 569 g/mol. The minimum absolute atomic E-state index is 0.0110. The first-order valence-corrected chi connectivity index (χ1v) is 15.1. The van der Waals surface area contributed by atoms with Crippen molar-refractivity contribution < 1.29 is 18.0 Å². The fourth-order valence-corrected chi connectivity index (χ4v) is 5.95. The van der Waals surface area contributed by atoms with Gasteiger partial charge >= 0.3 is 0 Å². The number of amides is 2. The molecule has 0 radical (unpaired) electrons. The van der Waals surface area contributed by atoms with E-state index in [1.165, 1.54) is 35.2 Å². The minimum Gasteiger partial charge on any atom is -0.350 e. The maximum Gasteiger partial charge on any atom is 0.264 e. The summed E-state index contributed by atoms with van der Waals surface area (Å²) >= 11 is 12.4. The lowest BCUT2D eigenvalue weighted by Gasteiger charge is -2.35. The molecule has 214 valence electrons. The van der Waals surface area contributed by atoms with E-state index in [0.717, 1.165) is 15.4 Å². The first-order valence-electron chi connectivity index (χ1n) is 12.9. The molecule has 0 bridgehead atoms. The molecular formula is C30H35Cl2N3O4S. The molecule has 0 aliphatic carbocycles. The Balaban J connectivity index is 2.10. The van der Waals surface area contributed by atoms with Gasteiger partial charge in [-0.3, -0.25) is 13.9 Å². The molecule has 0 heterocycles. The van der Waals surface area contributed by atoms with E-state index in [4.69, 9.17) is 23.2 Å². The van der Waals surface area contributed by atoms with Crippen LogP contribution in [-0.4, -0.2) is 43.3 Å². The molecule has 2 amide bonds. The maximum absolute atomic E-state index is 14.1. The molecule has 0 aliphatic rings. The van der Waals surface area contributed by atoms with Crippen molar-refractivity contribution in [3.05, 3.63) is 94.0 Å². The first kappa shape index (κ1) is 31.5. The molecule has 0 saturated carbocycles. The minimum atomic E-state index is -4.19. The third-order valence-corrected chi connectivity index (χ3v) is 8.81. The number of rotatable bonds is 10. The highest BCUT2D eigenvalue weighted by atomic mass is 35.5. The van der Waals surface area contributed by atoms with Gasteiger partial charge in [-0.05, 0) is 75.6 Å². The molecule has 0 fully saturated rings. The summed E-state index contributed by atoms with van der Waals surface area (Å²) in [5.41, 5.74) is 1.45. The summed E-state index contributed by atoms with van der Waals surface area (Å²) in [6.07, 6.45) is 0.331. The largest absolute Gasteiger partial charge is 0.350 e. The van der Waals surface area contributed by atoms with Crippen LogP contribution in [-0.2, 0) is 26.2 Å². The molecule has 1 atom stereocenters. The van der Waals surface area contributed by atoms with Crippen molar-refractivity contribution in [2.24, 2.45) is 0 Å². The van der Waals surface area contributed by atoms with Crippen molar-refractivity contribution in [3.63, 3.8) is 0 Å². The first-order chi connectivity index (χ1) is 18.7. The maximum atomic E-state index is 14.1. The molecule has 40 heavy (non-hydrogen) atoms. The van der Waals surface area contributed by atoms with Crippen molar-refractivity contribution >= 4 is 50.7 Å². The van der Waals surface area contributed by atoms with E-state index in [1.54, 1.807) is 18.2 Å². The van der Waals surface area contributed by atoms with Crippen LogP contribution in [0.4, 0.5) is 5.69 Å². The van der Waals surface area contributed by atoms with E-state index in [2.05, 4.69) is 5.32 Å². The van der Waals surface area contributed by atoms with Gasteiger partial charge in [0.05, 0.1) is 20.6 Å².